The lowest BCUT2D eigenvalue weighted by Gasteiger charge is -2.22. The van der Waals surface area contributed by atoms with Crippen LogP contribution in [-0.2, 0) is 14.8 Å². The van der Waals surface area contributed by atoms with Gasteiger partial charge in [-0.15, -0.1) is 0 Å². The highest BCUT2D eigenvalue weighted by molar-refractivity contribution is 7.89. The molecule has 3 N–H and O–H groups in total. The third-order valence-electron chi connectivity index (χ3n) is 3.04. The summed E-state index contributed by atoms with van der Waals surface area (Å²) >= 11 is 0. The summed E-state index contributed by atoms with van der Waals surface area (Å²) in [6.45, 7) is 0.605. The van der Waals surface area contributed by atoms with E-state index in [1.807, 2.05) is 0 Å². The fraction of sp³-hybridized carbons (Fsp3) is 0.417. The maximum atomic E-state index is 12.1. The molecule has 1 aromatic carbocycles. The molecule has 0 radical (unpaired) electrons. The van der Waals surface area contributed by atoms with E-state index >= 15 is 0 Å². The van der Waals surface area contributed by atoms with Crippen molar-refractivity contribution in [1.29, 1.82) is 0 Å². The van der Waals surface area contributed by atoms with Crippen LogP contribution in [0.15, 0.2) is 29.2 Å². The Morgan fingerprint density at radius 3 is 2.53 bits per heavy atom. The van der Waals surface area contributed by atoms with Crippen molar-refractivity contribution in [3.63, 3.8) is 0 Å². The molecule has 0 bridgehead atoms. The first-order valence-electron chi connectivity index (χ1n) is 6.11. The summed E-state index contributed by atoms with van der Waals surface area (Å²) in [5.41, 5.74) is 0.828. The molecule has 1 aromatic rings. The number of piperidine rings is 1. The van der Waals surface area contributed by atoms with Gasteiger partial charge in [0.1, 0.15) is 6.04 Å². The molecule has 1 amide bonds. The Morgan fingerprint density at radius 1 is 1.26 bits per heavy atom. The maximum absolute atomic E-state index is 12.1. The van der Waals surface area contributed by atoms with Crippen molar-refractivity contribution in [2.45, 2.75) is 23.8 Å². The topological polar surface area (TPSA) is 87.3 Å². The van der Waals surface area contributed by atoms with Gasteiger partial charge in [-0.3, -0.25) is 4.79 Å². The minimum absolute atomic E-state index is 0.157. The lowest BCUT2D eigenvalue weighted by Crippen LogP contribution is -2.50. The lowest BCUT2D eigenvalue weighted by atomic mass is 10.1. The molecule has 0 aliphatic carbocycles. The number of amides is 1. The fourth-order valence-electron chi connectivity index (χ4n) is 1.94. The molecule has 0 saturated carbocycles. The van der Waals surface area contributed by atoms with Crippen molar-refractivity contribution in [3.05, 3.63) is 24.3 Å². The van der Waals surface area contributed by atoms with Crippen LogP contribution in [0.25, 0.3) is 0 Å². The van der Waals surface area contributed by atoms with E-state index in [9.17, 15) is 13.2 Å². The van der Waals surface area contributed by atoms with E-state index in [1.165, 1.54) is 12.1 Å². The summed E-state index contributed by atoms with van der Waals surface area (Å²) in [5, 5.41) is 5.56. The fourth-order valence-corrected chi connectivity index (χ4v) is 3.17. The van der Waals surface area contributed by atoms with Gasteiger partial charge in [0, 0.05) is 19.3 Å². The predicted molar refractivity (Wildman–Crippen MR) is 72.3 cm³/mol. The molecule has 1 aliphatic heterocycles. The standard InChI is InChI=1S/C12H17N3O3S/c1-13-9-4-6-10(7-5-9)19(17,18)15-11-3-2-8-14-12(11)16/h4-7,11,13,15H,2-3,8H2,1H3,(H,14,16). The van der Waals surface area contributed by atoms with Crippen LogP contribution in [-0.4, -0.2) is 34.0 Å². The Morgan fingerprint density at radius 2 is 1.95 bits per heavy atom. The first kappa shape index (κ1) is 13.8. The number of hydrogen-bond acceptors (Lipinski definition) is 4. The molecule has 0 aromatic heterocycles. The minimum Gasteiger partial charge on any atom is -0.388 e. The molecule has 104 valence electrons. The second kappa shape index (κ2) is 5.58. The van der Waals surface area contributed by atoms with Gasteiger partial charge in [-0.05, 0) is 37.1 Å². The molecule has 1 unspecified atom stereocenters. The molecule has 1 atom stereocenters. The average Bonchev–Trinajstić information content (AvgIpc) is 2.41. The normalized spacial score (nSPS) is 19.8. The summed E-state index contributed by atoms with van der Waals surface area (Å²) in [4.78, 5) is 11.7. The minimum atomic E-state index is -3.66. The Bertz CT molecular complexity index is 554. The van der Waals surface area contributed by atoms with Crippen molar-refractivity contribution in [2.24, 2.45) is 0 Å². The van der Waals surface area contributed by atoms with Gasteiger partial charge in [0.05, 0.1) is 4.90 Å². The van der Waals surface area contributed by atoms with Gasteiger partial charge >= 0.3 is 0 Å². The molecular formula is C12H17N3O3S. The van der Waals surface area contributed by atoms with Gasteiger partial charge < -0.3 is 10.6 Å². The van der Waals surface area contributed by atoms with Crippen LogP contribution in [0.4, 0.5) is 5.69 Å². The zero-order valence-electron chi connectivity index (χ0n) is 10.6. The Kier molecular flexibility index (Phi) is 4.06. The van der Waals surface area contributed by atoms with Crippen LogP contribution in [0.3, 0.4) is 0 Å². The van der Waals surface area contributed by atoms with Gasteiger partial charge in [-0.1, -0.05) is 0 Å². The predicted octanol–water partition coefficient (Wildman–Crippen LogP) is 0.285. The summed E-state index contributed by atoms with van der Waals surface area (Å²) in [5.74, 6) is -0.262. The highest BCUT2D eigenvalue weighted by Crippen LogP contribution is 2.15. The number of carbonyl (C=O) groups is 1. The first-order chi connectivity index (χ1) is 9.03. The Hall–Kier alpha value is -1.60. The second-order valence-electron chi connectivity index (χ2n) is 4.38. The largest absolute Gasteiger partial charge is 0.388 e. The number of benzene rings is 1. The lowest BCUT2D eigenvalue weighted by molar-refractivity contribution is -0.124. The number of nitrogens with one attached hydrogen (secondary N) is 3. The SMILES string of the molecule is CNc1ccc(S(=O)(=O)NC2CCCNC2=O)cc1. The number of hydrogen-bond donors (Lipinski definition) is 3. The molecule has 1 saturated heterocycles. The zero-order chi connectivity index (χ0) is 13.9. The average molecular weight is 283 g/mol. The monoisotopic (exact) mass is 283 g/mol. The van der Waals surface area contributed by atoms with E-state index in [-0.39, 0.29) is 10.8 Å². The molecular weight excluding hydrogens is 266 g/mol. The van der Waals surface area contributed by atoms with Crippen LogP contribution < -0.4 is 15.4 Å². The van der Waals surface area contributed by atoms with Gasteiger partial charge in [-0.2, -0.15) is 4.72 Å². The molecule has 1 fully saturated rings. The molecule has 7 heteroatoms. The molecule has 0 spiro atoms. The quantitative estimate of drug-likeness (QED) is 0.741. The van der Waals surface area contributed by atoms with Gasteiger partial charge in [0.2, 0.25) is 15.9 Å². The van der Waals surface area contributed by atoms with Crippen molar-refractivity contribution in [3.8, 4) is 0 Å². The van der Waals surface area contributed by atoms with E-state index in [2.05, 4.69) is 15.4 Å². The van der Waals surface area contributed by atoms with E-state index in [4.69, 9.17) is 0 Å². The van der Waals surface area contributed by atoms with E-state index < -0.39 is 16.1 Å². The van der Waals surface area contributed by atoms with Crippen molar-refractivity contribution in [2.75, 3.05) is 18.9 Å². The van der Waals surface area contributed by atoms with Crippen LogP contribution in [0.5, 0.6) is 0 Å². The third-order valence-corrected chi connectivity index (χ3v) is 4.52. The van der Waals surface area contributed by atoms with Crippen molar-refractivity contribution >= 4 is 21.6 Å². The second-order valence-corrected chi connectivity index (χ2v) is 6.10. The number of anilines is 1. The number of rotatable bonds is 4. The maximum Gasteiger partial charge on any atom is 0.241 e. The highest BCUT2D eigenvalue weighted by Gasteiger charge is 2.27. The molecule has 1 heterocycles. The number of carbonyl (C=O) groups excluding carboxylic acids is 1. The Balaban J connectivity index is 2.14. The van der Waals surface area contributed by atoms with Crippen LogP contribution >= 0.6 is 0 Å². The smallest absolute Gasteiger partial charge is 0.241 e. The van der Waals surface area contributed by atoms with Crippen LogP contribution in [0.2, 0.25) is 0 Å². The van der Waals surface area contributed by atoms with E-state index in [0.717, 1.165) is 12.1 Å². The molecule has 2 rings (SSSR count). The molecule has 19 heavy (non-hydrogen) atoms. The summed E-state index contributed by atoms with van der Waals surface area (Å²) < 4.78 is 26.7. The van der Waals surface area contributed by atoms with Crippen molar-refractivity contribution in [1.82, 2.24) is 10.0 Å². The van der Waals surface area contributed by atoms with Gasteiger partial charge in [0.15, 0.2) is 0 Å². The Labute approximate surface area is 112 Å². The number of sulfonamides is 1. The third kappa shape index (κ3) is 3.24. The summed E-state index contributed by atoms with van der Waals surface area (Å²) in [7, 11) is -1.90. The van der Waals surface area contributed by atoms with Crippen LogP contribution in [0, 0.1) is 0 Å². The highest BCUT2D eigenvalue weighted by atomic mass is 32.2. The van der Waals surface area contributed by atoms with Gasteiger partial charge in [-0.25, -0.2) is 8.42 Å². The van der Waals surface area contributed by atoms with Crippen molar-refractivity contribution < 1.29 is 13.2 Å². The molecule has 1 aliphatic rings. The van der Waals surface area contributed by atoms with E-state index in [1.54, 1.807) is 19.2 Å². The van der Waals surface area contributed by atoms with Gasteiger partial charge in [0.25, 0.3) is 0 Å². The van der Waals surface area contributed by atoms with E-state index in [0.29, 0.717) is 13.0 Å². The zero-order valence-corrected chi connectivity index (χ0v) is 11.5. The first-order valence-corrected chi connectivity index (χ1v) is 7.59. The summed E-state index contributed by atoms with van der Waals surface area (Å²) in [6.07, 6.45) is 1.30. The van der Waals surface area contributed by atoms with Crippen LogP contribution in [0.1, 0.15) is 12.8 Å². The molecule has 6 nitrogen and oxygen atoms in total. The summed E-state index contributed by atoms with van der Waals surface area (Å²) in [6, 6.07) is 5.69.